The van der Waals surface area contributed by atoms with E-state index in [9.17, 15) is 0 Å². The summed E-state index contributed by atoms with van der Waals surface area (Å²) in [5, 5.41) is 0.704. The maximum atomic E-state index is 7.16. The van der Waals surface area contributed by atoms with Crippen molar-refractivity contribution in [3.8, 4) is 33.4 Å². The van der Waals surface area contributed by atoms with Crippen molar-refractivity contribution in [2.75, 3.05) is 0 Å². The molecule has 0 bridgehead atoms. The van der Waals surface area contributed by atoms with E-state index >= 15 is 0 Å². The van der Waals surface area contributed by atoms with Crippen molar-refractivity contribution >= 4 is 325 Å². The van der Waals surface area contributed by atoms with Gasteiger partial charge >= 0.3 is 0 Å². The topological polar surface area (TPSA) is 0 Å². The second-order valence-electron chi connectivity index (χ2n) is 14.0. The normalized spacial score (nSPS) is 11.6. The Labute approximate surface area is 368 Å². The molecule has 22 heteroatoms. The summed E-state index contributed by atoms with van der Waals surface area (Å²) in [4.78, 5) is 0. The highest BCUT2D eigenvalue weighted by Gasteiger charge is 2.30. The van der Waals surface area contributed by atoms with E-state index in [1.165, 1.54) is 12.1 Å². The van der Waals surface area contributed by atoms with Crippen LogP contribution in [-0.4, -0.2) is 173 Å². The minimum absolute atomic E-state index is 0.0252. The Bertz CT molecular complexity index is 2940. The summed E-state index contributed by atoms with van der Waals surface area (Å²) < 4.78 is 0. The van der Waals surface area contributed by atoms with Gasteiger partial charge in [-0.05, 0) is 65.7 Å². The highest BCUT2D eigenvalue weighted by atomic mass is 14.3. The van der Waals surface area contributed by atoms with Crippen LogP contribution in [0.2, 0.25) is 0 Å². The van der Waals surface area contributed by atoms with E-state index in [1.54, 1.807) is 0 Å². The van der Waals surface area contributed by atoms with E-state index in [4.69, 9.17) is 173 Å². The molecule has 7 aromatic carbocycles. The van der Waals surface area contributed by atoms with Crippen LogP contribution in [0, 0.1) is 0 Å². The Morgan fingerprint density at radius 1 is 0.155 bits per heavy atom. The fourth-order valence-electron chi connectivity index (χ4n) is 7.92. The van der Waals surface area contributed by atoms with Gasteiger partial charge in [0, 0.05) is 0 Å². The van der Waals surface area contributed by atoms with Gasteiger partial charge in [-0.25, -0.2) is 0 Å². The number of hydrogen-bond acceptors (Lipinski definition) is 0. The predicted octanol–water partition coefficient (Wildman–Crippen LogP) is -16.4. The summed E-state index contributed by atoms with van der Waals surface area (Å²) in [5.41, 5.74) is -1.31. The van der Waals surface area contributed by atoms with Gasteiger partial charge in [0.2, 0.25) is 0 Å². The summed E-state index contributed by atoms with van der Waals surface area (Å²) in [6.07, 6.45) is 0. The molecule has 58 heavy (non-hydrogen) atoms. The van der Waals surface area contributed by atoms with Gasteiger partial charge in [-0.2, -0.15) is 0 Å². The first-order valence-electron chi connectivity index (χ1n) is 17.0. The van der Waals surface area contributed by atoms with Crippen LogP contribution in [0.4, 0.5) is 0 Å². The van der Waals surface area contributed by atoms with Gasteiger partial charge in [0.25, 0.3) is 0 Å². The lowest BCUT2D eigenvalue weighted by atomic mass is 9.55. The van der Waals surface area contributed by atoms with Crippen LogP contribution in [0.1, 0.15) is 0 Å². The van der Waals surface area contributed by atoms with Crippen LogP contribution in [0.25, 0.3) is 65.7 Å². The highest BCUT2D eigenvalue weighted by molar-refractivity contribution is 6.75. The van der Waals surface area contributed by atoms with E-state index in [2.05, 4.69) is 0 Å². The fraction of sp³-hybridized carbons (Fsp3) is 0. The van der Waals surface area contributed by atoms with E-state index in [1.807, 2.05) is 0 Å². The molecule has 7 aromatic rings. The maximum Gasteiger partial charge on any atom is 0.114 e. The van der Waals surface area contributed by atoms with Gasteiger partial charge in [-0.15, -0.1) is 54.6 Å². The van der Waals surface area contributed by atoms with Crippen LogP contribution < -0.4 is 120 Å². The molecule has 0 heterocycles. The Kier molecular flexibility index (Phi) is 10.9. The minimum Gasteiger partial charge on any atom is -0.112 e. The van der Waals surface area contributed by atoms with Crippen molar-refractivity contribution in [3.05, 3.63) is 12.1 Å². The molecular formula is C36H2B22. The Morgan fingerprint density at radius 3 is 0.603 bits per heavy atom. The molecule has 0 saturated carbocycles. The first-order valence-corrected chi connectivity index (χ1v) is 17.0. The van der Waals surface area contributed by atoms with E-state index in [-0.39, 0.29) is 186 Å². The van der Waals surface area contributed by atoms with Gasteiger partial charge in [0.15, 0.2) is 0 Å². The largest absolute Gasteiger partial charge is 0.114 e. The molecule has 0 amide bonds. The molecule has 7 rings (SSSR count). The summed E-state index contributed by atoms with van der Waals surface area (Å²) in [7, 11) is 146. The molecular weight excluding hydrogens is 670 g/mol. The molecule has 0 saturated heterocycles. The fourth-order valence-corrected chi connectivity index (χ4v) is 7.92. The average molecular weight is 672 g/mol. The van der Waals surface area contributed by atoms with E-state index in [0.29, 0.717) is 0 Å². The first-order chi connectivity index (χ1) is 27.0. The van der Waals surface area contributed by atoms with Crippen molar-refractivity contribution in [2.45, 2.75) is 0 Å². The molecule has 0 aliphatic carbocycles. The molecule has 0 spiro atoms. The van der Waals surface area contributed by atoms with Crippen LogP contribution in [0.15, 0.2) is 12.1 Å². The van der Waals surface area contributed by atoms with Crippen molar-refractivity contribution < 1.29 is 0 Å². The Hall–Kier alpha value is -3.25. The predicted molar refractivity (Wildman–Crippen MR) is 274 cm³/mol. The number of benzene rings is 7. The molecule has 0 fully saturated rings. The smallest absolute Gasteiger partial charge is 0.112 e. The van der Waals surface area contributed by atoms with Crippen LogP contribution in [0.5, 0.6) is 0 Å². The second kappa shape index (κ2) is 14.7. The summed E-state index contributed by atoms with van der Waals surface area (Å²) in [5.74, 6) is 0. The zero-order valence-electron chi connectivity index (χ0n) is 30.9. The summed E-state index contributed by atoms with van der Waals surface area (Å²) in [6, 6.07) is 3.07. The number of fused-ring (bicyclic) bond motifs is 3. The maximum absolute atomic E-state index is 7.16. The molecule has 0 aliphatic rings. The summed E-state index contributed by atoms with van der Waals surface area (Å²) >= 11 is 0. The van der Waals surface area contributed by atoms with Gasteiger partial charge in [-0.3, -0.25) is 0 Å². The minimum atomic E-state index is -0.135. The molecule has 0 nitrogen and oxygen atoms in total. The molecule has 0 aromatic heterocycles. The zero-order valence-corrected chi connectivity index (χ0v) is 30.9. The quantitative estimate of drug-likeness (QED) is 0.130. The standard InChI is InChI=1S/C36H2B22/c37-3-1-2-4(38)6-5(3)9(17(39)18(40)10(6)16-25(47)33(55)36(58)34(56)26(16)48)7-11-13(21(43)29(51)27(49)19(11)41)8(14-12(7)20(42)28(50)30(52)22(14)44)15-23(45)31(53)35(57)32(54)24(15)46/h1-2H. The average Bonchev–Trinajstić information content (AvgIpc) is 3.19. The third kappa shape index (κ3) is 5.68. The van der Waals surface area contributed by atoms with E-state index < -0.39 is 0 Å². The SMILES string of the molecule is [B]c1c([B])c([B])c(-c2c([B])c([B])c(-c3c4c([B])c([B])c([B])c([B])c4c(-c4c([B])c([B])c([B])c([B])c4[B])c4c([B])c([B])c([B])c([B])c34)c3c([B])ccc([B])c23)c([B])c1[B]. The molecule has 0 atom stereocenters. The van der Waals surface area contributed by atoms with Crippen molar-refractivity contribution in [1.29, 1.82) is 0 Å². The first kappa shape index (κ1) is 42.9. The van der Waals surface area contributed by atoms with Crippen LogP contribution in [-0.2, 0) is 0 Å². The number of rotatable bonds is 3. The lowest BCUT2D eigenvalue weighted by molar-refractivity contribution is 1.82. The van der Waals surface area contributed by atoms with E-state index in [0.717, 1.165) is 0 Å². The summed E-state index contributed by atoms with van der Waals surface area (Å²) in [6.45, 7) is 0. The van der Waals surface area contributed by atoms with Gasteiger partial charge < -0.3 is 0 Å². The highest BCUT2D eigenvalue weighted by Crippen LogP contribution is 2.41. The van der Waals surface area contributed by atoms with Crippen molar-refractivity contribution in [2.24, 2.45) is 0 Å². The third-order valence-corrected chi connectivity index (χ3v) is 11.1. The Morgan fingerprint density at radius 2 is 0.328 bits per heavy atom. The lowest BCUT2D eigenvalue weighted by Crippen LogP contribution is -2.56. The molecule has 212 valence electrons. The third-order valence-electron chi connectivity index (χ3n) is 11.1. The van der Waals surface area contributed by atoms with Gasteiger partial charge in [0.1, 0.15) is 173 Å². The second-order valence-corrected chi connectivity index (χ2v) is 14.0. The van der Waals surface area contributed by atoms with Gasteiger partial charge in [0.05, 0.1) is 0 Å². The molecule has 0 aliphatic heterocycles. The molecule has 0 unspecified atom stereocenters. The molecule has 44 radical (unpaired) electrons. The molecule has 0 N–H and O–H groups in total. The van der Waals surface area contributed by atoms with Crippen molar-refractivity contribution in [1.82, 2.24) is 0 Å². The monoisotopic (exact) mass is 676 g/mol. The zero-order chi connectivity index (χ0) is 43.0. The van der Waals surface area contributed by atoms with Gasteiger partial charge in [-0.1, -0.05) is 77.7 Å². The lowest BCUT2D eigenvalue weighted by Gasteiger charge is -2.33. The van der Waals surface area contributed by atoms with Crippen molar-refractivity contribution in [3.63, 3.8) is 0 Å². The van der Waals surface area contributed by atoms with Crippen LogP contribution >= 0.6 is 0 Å². The Balaban J connectivity index is 1.92. The van der Waals surface area contributed by atoms with Crippen LogP contribution in [0.3, 0.4) is 0 Å². The number of hydrogen-bond donors (Lipinski definition) is 0.